The van der Waals surface area contributed by atoms with Crippen LogP contribution in [0.15, 0.2) is 23.0 Å². The number of carbonyl (C=O) groups excluding carboxylic acids is 6. The van der Waals surface area contributed by atoms with Crippen molar-refractivity contribution in [3.05, 3.63) is 24.2 Å². The van der Waals surface area contributed by atoms with Crippen LogP contribution < -0.4 is 0 Å². The maximum atomic E-state index is 14.4. The predicted molar refractivity (Wildman–Crippen MR) is 196 cm³/mol. The fourth-order valence-corrected chi connectivity index (χ4v) is 13.6. The van der Waals surface area contributed by atoms with Crippen LogP contribution in [0, 0.1) is 28.1 Å². The van der Waals surface area contributed by atoms with Gasteiger partial charge in [-0.15, -0.1) is 0 Å². The number of aliphatic hydroxyl groups excluding tert-OH is 1. The molecule has 16 atom stereocenters. The molecule has 4 aliphatic carbocycles. The fourth-order valence-electron chi connectivity index (χ4n) is 13.6. The third kappa shape index (κ3) is 4.77. The van der Waals surface area contributed by atoms with Crippen molar-refractivity contribution in [1.29, 1.82) is 0 Å². The van der Waals surface area contributed by atoms with E-state index in [0.29, 0.717) is 5.56 Å². The van der Waals surface area contributed by atoms with Gasteiger partial charge in [-0.05, 0) is 38.7 Å². The first kappa shape index (κ1) is 42.6. The van der Waals surface area contributed by atoms with Crippen LogP contribution >= 0.6 is 0 Å². The number of rotatable bonds is 12. The first-order valence-corrected chi connectivity index (χ1v) is 20.3. The van der Waals surface area contributed by atoms with Crippen LogP contribution in [-0.4, -0.2) is 114 Å². The molecule has 1 N–H and O–H groups in total. The van der Waals surface area contributed by atoms with E-state index < -0.39 is 135 Å². The Labute approximate surface area is 346 Å². The summed E-state index contributed by atoms with van der Waals surface area (Å²) < 4.78 is 69.3. The van der Waals surface area contributed by atoms with Crippen molar-refractivity contribution >= 4 is 35.8 Å². The Morgan fingerprint density at radius 3 is 2.03 bits per heavy atom. The summed E-state index contributed by atoms with van der Waals surface area (Å²) >= 11 is 0. The molecule has 330 valence electrons. The molecule has 7 aliphatic rings. The van der Waals surface area contributed by atoms with Crippen LogP contribution in [0.3, 0.4) is 0 Å². The number of aliphatic hydroxyl groups is 1. The minimum Gasteiger partial charge on any atom is -0.472 e. The van der Waals surface area contributed by atoms with Gasteiger partial charge in [0.2, 0.25) is 5.60 Å². The third-order valence-electron chi connectivity index (χ3n) is 15.7. The van der Waals surface area contributed by atoms with Gasteiger partial charge in [-0.25, -0.2) is 4.79 Å². The summed E-state index contributed by atoms with van der Waals surface area (Å²) in [7, 11) is 2.40. The van der Waals surface area contributed by atoms with Crippen molar-refractivity contribution in [2.24, 2.45) is 28.1 Å². The number of carbonyl (C=O) groups is 6. The quantitative estimate of drug-likeness (QED) is 0.181. The van der Waals surface area contributed by atoms with E-state index >= 15 is 0 Å². The van der Waals surface area contributed by atoms with Gasteiger partial charge in [0.15, 0.2) is 23.4 Å². The smallest absolute Gasteiger partial charge is 0.341 e. The number of fused-ring (bicyclic) bond motifs is 2. The van der Waals surface area contributed by atoms with Crippen molar-refractivity contribution in [1.82, 2.24) is 0 Å². The van der Waals surface area contributed by atoms with Crippen LogP contribution in [0.4, 0.5) is 0 Å². The second-order valence-electron chi connectivity index (χ2n) is 18.6. The number of esters is 6. The average Bonchev–Trinajstić information content (AvgIpc) is 3.50. The summed E-state index contributed by atoms with van der Waals surface area (Å²) in [6.45, 7) is 13.8. The molecule has 1 aromatic rings. The average molecular weight is 847 g/mol. The number of furan rings is 1. The zero-order valence-corrected chi connectivity index (χ0v) is 35.7. The highest BCUT2D eigenvalue weighted by Gasteiger charge is 3.06. The molecule has 2 spiro atoms. The van der Waals surface area contributed by atoms with E-state index in [0.717, 1.165) is 6.92 Å². The lowest BCUT2D eigenvalue weighted by Crippen LogP contribution is -2.96. The standard InChI is InChI=1S/C42H54O18/c1-12-27(46)54-32-40-25(16-29(48)51-11)34(5,30(53-21(3)43)23-13-14-52-18-23)17-26(45)42(40)37(8)24(15-28(47)50-10)35(6)19-39(37,58-38(9,59-40)60-42)41(32,57-22(4)44)31(35)55-33(49)36(7)20(2)56-36/h13-14,18,20,24-26,30-32,45H,12,15-17,19H2,1-11H3/t20-,24+,25-,26?,30-,31?,32?,34+,35+,36+,37-,38?,39?,40+,41?,42+/m1/s1. The number of hydrogen-bond donors (Lipinski definition) is 1. The van der Waals surface area contributed by atoms with Crippen LogP contribution in [0.2, 0.25) is 0 Å². The highest BCUT2D eigenvalue weighted by atomic mass is 16.9. The maximum Gasteiger partial charge on any atom is 0.341 e. The molecule has 0 aromatic carbocycles. The largest absolute Gasteiger partial charge is 0.472 e. The van der Waals surface area contributed by atoms with Crippen molar-refractivity contribution in [3.63, 3.8) is 0 Å². The SMILES string of the molecule is CCC(=O)OC1C2(OC(C)=O)C(OC(=O)[C@@]3(C)O[C@@H]3C)[C@@]3(C)CC24OC2(C)O[C@@]5(C(O)C[C@](C)([C@H](OC(C)=O)c6ccoc6)[C@@H](CC(=O)OC)[C@]15O2)[C@]4(C)[C@H]3CC(=O)OC. The molecule has 4 bridgehead atoms. The van der Waals surface area contributed by atoms with Gasteiger partial charge in [-0.2, -0.15) is 0 Å². The second-order valence-corrected chi connectivity index (χ2v) is 18.6. The van der Waals surface area contributed by atoms with Crippen molar-refractivity contribution in [2.45, 2.75) is 159 Å². The Morgan fingerprint density at radius 2 is 1.50 bits per heavy atom. The van der Waals surface area contributed by atoms with Crippen molar-refractivity contribution < 1.29 is 85.7 Å². The van der Waals surface area contributed by atoms with Crippen LogP contribution in [0.25, 0.3) is 0 Å². The van der Waals surface area contributed by atoms with Gasteiger partial charge < -0.3 is 56.9 Å². The van der Waals surface area contributed by atoms with Gasteiger partial charge in [0.05, 0.1) is 45.4 Å². The number of ether oxygens (including phenoxy) is 10. The molecule has 1 aromatic heterocycles. The molecule has 18 heteroatoms. The topological polar surface area (TPSA) is 231 Å². The van der Waals surface area contributed by atoms with Crippen molar-refractivity contribution in [3.8, 4) is 0 Å². The molecule has 7 fully saturated rings. The molecule has 3 saturated heterocycles. The zero-order chi connectivity index (χ0) is 44.0. The molecule has 8 rings (SSSR count). The number of hydrogen-bond acceptors (Lipinski definition) is 18. The van der Waals surface area contributed by atoms with E-state index in [4.69, 9.17) is 51.8 Å². The second kappa shape index (κ2) is 13.0. The molecular formula is C42H54O18. The minimum absolute atomic E-state index is 0.104. The highest BCUT2D eigenvalue weighted by molar-refractivity contribution is 5.83. The Morgan fingerprint density at radius 1 is 0.867 bits per heavy atom. The summed E-state index contributed by atoms with van der Waals surface area (Å²) in [6.07, 6.45) is -5.74. The Kier molecular flexibility index (Phi) is 9.20. The lowest BCUT2D eigenvalue weighted by molar-refractivity contribution is -0.486. The van der Waals surface area contributed by atoms with Crippen LogP contribution in [0.5, 0.6) is 0 Å². The van der Waals surface area contributed by atoms with Gasteiger partial charge in [0.1, 0.15) is 17.3 Å². The summed E-state index contributed by atoms with van der Waals surface area (Å²) in [5.41, 5.74) is -14.5. The number of epoxide rings is 1. The Balaban J connectivity index is 1.53. The first-order valence-electron chi connectivity index (χ1n) is 20.3. The van der Waals surface area contributed by atoms with Crippen molar-refractivity contribution in [2.75, 3.05) is 14.2 Å². The summed E-state index contributed by atoms with van der Waals surface area (Å²) in [5.74, 6) is -9.24. The van der Waals surface area contributed by atoms with Gasteiger partial charge in [-0.1, -0.05) is 27.7 Å². The minimum atomic E-state index is -2.35. The lowest BCUT2D eigenvalue weighted by atomic mass is 9.33. The molecule has 6 unspecified atom stereocenters. The Hall–Kier alpha value is -4.10. The monoisotopic (exact) mass is 846 g/mol. The summed E-state index contributed by atoms with van der Waals surface area (Å²) in [6, 6.07) is 1.57. The molecule has 4 heterocycles. The normalized spacial score (nSPS) is 47.7. The molecule has 18 nitrogen and oxygen atoms in total. The van der Waals surface area contributed by atoms with E-state index in [1.165, 1.54) is 40.6 Å². The lowest BCUT2D eigenvalue weighted by Gasteiger charge is -2.77. The predicted octanol–water partition coefficient (Wildman–Crippen LogP) is 3.14. The van der Waals surface area contributed by atoms with Gasteiger partial charge >= 0.3 is 35.8 Å². The van der Waals surface area contributed by atoms with E-state index in [-0.39, 0.29) is 25.7 Å². The number of methoxy groups -OCH3 is 2. The van der Waals surface area contributed by atoms with E-state index in [1.54, 1.807) is 47.6 Å². The van der Waals surface area contributed by atoms with Crippen LogP contribution in [0.1, 0.15) is 106 Å². The molecule has 4 saturated carbocycles. The first-order chi connectivity index (χ1) is 27.9. The molecular weight excluding hydrogens is 792 g/mol. The molecule has 0 amide bonds. The van der Waals surface area contributed by atoms with Crippen LogP contribution in [-0.2, 0) is 76.1 Å². The Bertz CT molecular complexity index is 2040. The summed E-state index contributed by atoms with van der Waals surface area (Å²) in [4.78, 5) is 83.4. The molecule has 3 aliphatic heterocycles. The van der Waals surface area contributed by atoms with Gasteiger partial charge in [-0.3, -0.25) is 24.0 Å². The van der Waals surface area contributed by atoms with Gasteiger partial charge in [0, 0.05) is 61.3 Å². The third-order valence-corrected chi connectivity index (χ3v) is 15.7. The highest BCUT2D eigenvalue weighted by Crippen LogP contribution is 2.90. The van der Waals surface area contributed by atoms with E-state index in [2.05, 4.69) is 0 Å². The molecule has 60 heavy (non-hydrogen) atoms. The zero-order valence-electron chi connectivity index (χ0n) is 35.7. The summed E-state index contributed by atoms with van der Waals surface area (Å²) in [5, 5.41) is 13.4. The molecule has 0 radical (unpaired) electrons. The van der Waals surface area contributed by atoms with E-state index in [9.17, 15) is 33.9 Å². The van der Waals surface area contributed by atoms with E-state index in [1.807, 2.05) is 0 Å². The fraction of sp³-hybridized carbons (Fsp3) is 0.762. The maximum absolute atomic E-state index is 14.4. The van der Waals surface area contributed by atoms with Gasteiger partial charge in [0.25, 0.3) is 5.97 Å².